The second-order valence-corrected chi connectivity index (χ2v) is 7.07. The molecule has 0 saturated carbocycles. The molecule has 1 amide bonds. The fourth-order valence-corrected chi connectivity index (χ4v) is 2.88. The number of anilines is 1. The third-order valence-electron chi connectivity index (χ3n) is 4.30. The fourth-order valence-electron chi connectivity index (χ4n) is 2.68. The molecule has 3 rings (SSSR count). The maximum Gasteiger partial charge on any atom is 0.271 e. The van der Waals surface area contributed by atoms with E-state index >= 15 is 0 Å². The summed E-state index contributed by atoms with van der Waals surface area (Å²) >= 11 is 6.18. The fraction of sp³-hybridized carbons (Fsp3) is 0.0833. The lowest BCUT2D eigenvalue weighted by Crippen LogP contribution is -2.17. The standard InChI is InChI=1S/C24H22ClN3O/c1-28(2)22-14-12-21(13-15-22)24(29)27-26-17-19-7-5-6-18(16-19)10-11-20-8-3-4-9-23(20)25/h3-17H,1-2H3,(H,27,29)/b11-10+,26-17+. The van der Waals surface area contributed by atoms with Gasteiger partial charge in [0.05, 0.1) is 6.21 Å². The van der Waals surface area contributed by atoms with E-state index in [1.54, 1.807) is 18.3 Å². The van der Waals surface area contributed by atoms with Gasteiger partial charge in [0, 0.05) is 30.4 Å². The Hall–Kier alpha value is -3.37. The van der Waals surface area contributed by atoms with E-state index in [0.29, 0.717) is 10.6 Å². The molecule has 29 heavy (non-hydrogen) atoms. The Labute approximate surface area is 176 Å². The molecule has 0 aliphatic rings. The van der Waals surface area contributed by atoms with E-state index in [0.717, 1.165) is 22.4 Å². The molecule has 146 valence electrons. The molecule has 0 aromatic heterocycles. The third kappa shape index (κ3) is 5.80. The highest BCUT2D eigenvalue weighted by Crippen LogP contribution is 2.18. The van der Waals surface area contributed by atoms with E-state index in [-0.39, 0.29) is 5.91 Å². The Morgan fingerprint density at radius 1 is 0.931 bits per heavy atom. The van der Waals surface area contributed by atoms with Crippen molar-refractivity contribution in [2.75, 3.05) is 19.0 Å². The van der Waals surface area contributed by atoms with Crippen LogP contribution in [-0.4, -0.2) is 26.2 Å². The predicted octanol–water partition coefficient (Wildman–Crippen LogP) is 5.34. The van der Waals surface area contributed by atoms with E-state index in [9.17, 15) is 4.79 Å². The van der Waals surface area contributed by atoms with Crippen molar-refractivity contribution >= 4 is 41.6 Å². The average Bonchev–Trinajstić information content (AvgIpc) is 2.73. The summed E-state index contributed by atoms with van der Waals surface area (Å²) in [6.07, 6.45) is 5.58. The van der Waals surface area contributed by atoms with E-state index < -0.39 is 0 Å². The minimum atomic E-state index is -0.249. The Balaban J connectivity index is 1.63. The Morgan fingerprint density at radius 2 is 1.66 bits per heavy atom. The molecule has 4 nitrogen and oxygen atoms in total. The van der Waals surface area contributed by atoms with Crippen LogP contribution in [0, 0.1) is 0 Å². The lowest BCUT2D eigenvalue weighted by atomic mass is 10.1. The molecule has 1 N–H and O–H groups in total. The van der Waals surface area contributed by atoms with Crippen LogP contribution in [-0.2, 0) is 0 Å². The highest BCUT2D eigenvalue weighted by atomic mass is 35.5. The Kier molecular flexibility index (Phi) is 6.82. The maximum atomic E-state index is 12.2. The summed E-state index contributed by atoms with van der Waals surface area (Å²) in [6.45, 7) is 0. The molecule has 0 aliphatic heterocycles. The van der Waals surface area contributed by atoms with Crippen LogP contribution in [0.15, 0.2) is 77.9 Å². The van der Waals surface area contributed by atoms with E-state index in [1.807, 2.05) is 91.8 Å². The zero-order valence-electron chi connectivity index (χ0n) is 16.3. The molecule has 0 atom stereocenters. The maximum absolute atomic E-state index is 12.2. The van der Waals surface area contributed by atoms with Crippen LogP contribution in [0.1, 0.15) is 27.0 Å². The molecule has 0 radical (unpaired) electrons. The quantitative estimate of drug-likeness (QED) is 0.343. The second-order valence-electron chi connectivity index (χ2n) is 6.67. The van der Waals surface area contributed by atoms with Gasteiger partial charge < -0.3 is 4.90 Å². The number of carbonyl (C=O) groups excluding carboxylic acids is 1. The highest BCUT2D eigenvalue weighted by molar-refractivity contribution is 6.32. The number of nitrogens with zero attached hydrogens (tertiary/aromatic N) is 2. The van der Waals surface area contributed by atoms with E-state index in [4.69, 9.17) is 11.6 Å². The second kappa shape index (κ2) is 9.71. The van der Waals surface area contributed by atoms with Gasteiger partial charge in [0.25, 0.3) is 5.91 Å². The zero-order chi connectivity index (χ0) is 20.6. The summed E-state index contributed by atoms with van der Waals surface area (Å²) in [5.41, 5.74) is 7.01. The first-order valence-electron chi connectivity index (χ1n) is 9.16. The van der Waals surface area contributed by atoms with Crippen LogP contribution in [0.3, 0.4) is 0 Å². The summed E-state index contributed by atoms with van der Waals surface area (Å²) in [6, 6.07) is 22.9. The summed E-state index contributed by atoms with van der Waals surface area (Å²) in [4.78, 5) is 14.2. The molecule has 3 aromatic rings. The molecule has 0 saturated heterocycles. The smallest absolute Gasteiger partial charge is 0.271 e. The summed E-state index contributed by atoms with van der Waals surface area (Å²) in [7, 11) is 3.91. The number of hydrazone groups is 1. The number of hydrogen-bond acceptors (Lipinski definition) is 3. The van der Waals surface area contributed by atoms with Gasteiger partial charge in [0.2, 0.25) is 0 Å². The van der Waals surface area contributed by atoms with Gasteiger partial charge in [-0.25, -0.2) is 5.43 Å². The van der Waals surface area contributed by atoms with Crippen molar-refractivity contribution < 1.29 is 4.79 Å². The monoisotopic (exact) mass is 403 g/mol. The number of halogens is 1. The number of rotatable bonds is 6. The third-order valence-corrected chi connectivity index (χ3v) is 4.64. The van der Waals surface area contributed by atoms with Gasteiger partial charge in [-0.15, -0.1) is 0 Å². The molecule has 0 spiro atoms. The van der Waals surface area contributed by atoms with Gasteiger partial charge in [-0.1, -0.05) is 60.2 Å². The van der Waals surface area contributed by atoms with Crippen molar-refractivity contribution in [2.24, 2.45) is 5.10 Å². The SMILES string of the molecule is CN(C)c1ccc(C(=O)N/N=C/c2cccc(/C=C/c3ccccc3Cl)c2)cc1. The molecule has 3 aromatic carbocycles. The van der Waals surface area contributed by atoms with Crippen molar-refractivity contribution in [3.63, 3.8) is 0 Å². The van der Waals surface area contributed by atoms with Crippen LogP contribution in [0.5, 0.6) is 0 Å². The zero-order valence-corrected chi connectivity index (χ0v) is 17.1. The van der Waals surface area contributed by atoms with Crippen molar-refractivity contribution in [1.82, 2.24) is 5.43 Å². The van der Waals surface area contributed by atoms with Crippen LogP contribution >= 0.6 is 11.6 Å². The van der Waals surface area contributed by atoms with Crippen LogP contribution in [0.4, 0.5) is 5.69 Å². The number of nitrogens with one attached hydrogen (secondary N) is 1. The van der Waals surface area contributed by atoms with Gasteiger partial charge in [-0.2, -0.15) is 5.10 Å². The molecule has 0 fully saturated rings. The Bertz CT molecular complexity index is 1040. The van der Waals surface area contributed by atoms with Gasteiger partial charge in [-0.05, 0) is 53.1 Å². The van der Waals surface area contributed by atoms with Crippen molar-refractivity contribution in [1.29, 1.82) is 0 Å². The molecule has 0 heterocycles. The lowest BCUT2D eigenvalue weighted by molar-refractivity contribution is 0.0955. The van der Waals surface area contributed by atoms with Crippen LogP contribution in [0.2, 0.25) is 5.02 Å². The molecular formula is C24H22ClN3O. The van der Waals surface area contributed by atoms with Crippen molar-refractivity contribution in [3.05, 3.63) is 100 Å². The average molecular weight is 404 g/mol. The summed E-state index contributed by atoms with van der Waals surface area (Å²) < 4.78 is 0. The van der Waals surface area contributed by atoms with Crippen molar-refractivity contribution in [2.45, 2.75) is 0 Å². The first-order valence-corrected chi connectivity index (χ1v) is 9.54. The minimum absolute atomic E-state index is 0.249. The lowest BCUT2D eigenvalue weighted by Gasteiger charge is -2.12. The number of benzene rings is 3. The van der Waals surface area contributed by atoms with Crippen LogP contribution < -0.4 is 10.3 Å². The minimum Gasteiger partial charge on any atom is -0.378 e. The van der Waals surface area contributed by atoms with Gasteiger partial charge in [-0.3, -0.25) is 4.79 Å². The normalized spacial score (nSPS) is 11.1. The molecule has 0 unspecified atom stereocenters. The largest absolute Gasteiger partial charge is 0.378 e. The van der Waals surface area contributed by atoms with Gasteiger partial charge in [0.15, 0.2) is 0 Å². The number of amides is 1. The summed E-state index contributed by atoms with van der Waals surface area (Å²) in [5, 5.41) is 4.78. The first kappa shape index (κ1) is 20.4. The first-order chi connectivity index (χ1) is 14.0. The van der Waals surface area contributed by atoms with Gasteiger partial charge in [0.1, 0.15) is 0 Å². The van der Waals surface area contributed by atoms with Gasteiger partial charge >= 0.3 is 0 Å². The van der Waals surface area contributed by atoms with E-state index in [1.165, 1.54) is 0 Å². The number of hydrogen-bond donors (Lipinski definition) is 1. The predicted molar refractivity (Wildman–Crippen MR) is 123 cm³/mol. The summed E-state index contributed by atoms with van der Waals surface area (Å²) in [5.74, 6) is -0.249. The van der Waals surface area contributed by atoms with E-state index in [2.05, 4.69) is 10.5 Å². The highest BCUT2D eigenvalue weighted by Gasteiger charge is 2.04. The van der Waals surface area contributed by atoms with Crippen LogP contribution in [0.25, 0.3) is 12.2 Å². The topological polar surface area (TPSA) is 44.7 Å². The van der Waals surface area contributed by atoms with Crippen molar-refractivity contribution in [3.8, 4) is 0 Å². The Morgan fingerprint density at radius 3 is 2.38 bits per heavy atom. The molecule has 5 heteroatoms. The molecule has 0 aliphatic carbocycles. The molecular weight excluding hydrogens is 382 g/mol. The number of carbonyl (C=O) groups is 1. The molecule has 0 bridgehead atoms.